The number of anilines is 1. The molecule has 0 heterocycles. The average molecular weight is 261 g/mol. The molecule has 0 aromatic heterocycles. The smallest absolute Gasteiger partial charge is 0.0498 e. The lowest BCUT2D eigenvalue weighted by Gasteiger charge is -2.01. The molecule has 0 bridgehead atoms. The fourth-order valence-electron chi connectivity index (χ4n) is 0.994. The van der Waals surface area contributed by atoms with E-state index in [2.05, 4.69) is 15.9 Å². The van der Waals surface area contributed by atoms with Gasteiger partial charge in [-0.2, -0.15) is 0 Å². The minimum atomic E-state index is 0.700. The second-order valence-corrected chi connectivity index (χ2v) is 3.82. The molecule has 1 rings (SSSR count). The highest BCUT2D eigenvalue weighted by atomic mass is 79.9. The molecule has 0 fully saturated rings. The number of allylic oxidation sites excluding steroid dienone is 1. The van der Waals surface area contributed by atoms with Gasteiger partial charge in [0.25, 0.3) is 0 Å². The number of nitrogens with two attached hydrogens (primary N) is 1. The van der Waals surface area contributed by atoms with Crippen LogP contribution in [-0.2, 0) is 0 Å². The minimum absolute atomic E-state index is 0.700. The summed E-state index contributed by atoms with van der Waals surface area (Å²) in [5.41, 5.74) is 7.38. The standard InChI is InChI=1S/C10H11BrClN/c11-7-2-1-4-8-9(12)5-3-6-10(8)13/h1,3-6H,2,7,13H2. The van der Waals surface area contributed by atoms with Crippen molar-refractivity contribution in [2.75, 3.05) is 11.1 Å². The van der Waals surface area contributed by atoms with Crippen molar-refractivity contribution in [3.8, 4) is 0 Å². The van der Waals surface area contributed by atoms with E-state index in [4.69, 9.17) is 17.3 Å². The lowest BCUT2D eigenvalue weighted by atomic mass is 10.1. The zero-order chi connectivity index (χ0) is 9.68. The Kier molecular flexibility index (Phi) is 4.33. The summed E-state index contributed by atoms with van der Waals surface area (Å²) in [6, 6.07) is 5.53. The van der Waals surface area contributed by atoms with E-state index >= 15 is 0 Å². The van der Waals surface area contributed by atoms with Crippen molar-refractivity contribution in [1.29, 1.82) is 0 Å². The predicted molar refractivity (Wildman–Crippen MR) is 63.3 cm³/mol. The summed E-state index contributed by atoms with van der Waals surface area (Å²) in [5.74, 6) is 0. The van der Waals surface area contributed by atoms with Crippen molar-refractivity contribution < 1.29 is 0 Å². The van der Waals surface area contributed by atoms with E-state index in [1.807, 2.05) is 30.4 Å². The Balaban J connectivity index is 2.87. The fraction of sp³-hybridized carbons (Fsp3) is 0.200. The van der Waals surface area contributed by atoms with E-state index in [-0.39, 0.29) is 0 Å². The van der Waals surface area contributed by atoms with Gasteiger partial charge in [0.05, 0.1) is 0 Å². The highest BCUT2D eigenvalue weighted by Gasteiger charge is 1.98. The topological polar surface area (TPSA) is 26.0 Å². The van der Waals surface area contributed by atoms with Gasteiger partial charge in [0, 0.05) is 21.6 Å². The summed E-state index contributed by atoms with van der Waals surface area (Å²) in [6.07, 6.45) is 4.98. The molecule has 1 aromatic rings. The van der Waals surface area contributed by atoms with Gasteiger partial charge in [-0.15, -0.1) is 0 Å². The van der Waals surface area contributed by atoms with E-state index < -0.39 is 0 Å². The molecule has 0 amide bonds. The van der Waals surface area contributed by atoms with Gasteiger partial charge >= 0.3 is 0 Å². The maximum Gasteiger partial charge on any atom is 0.0498 e. The highest BCUT2D eigenvalue weighted by Crippen LogP contribution is 2.23. The molecule has 0 saturated carbocycles. The van der Waals surface area contributed by atoms with E-state index in [0.29, 0.717) is 5.02 Å². The number of rotatable bonds is 3. The van der Waals surface area contributed by atoms with Crippen LogP contribution in [-0.4, -0.2) is 5.33 Å². The van der Waals surface area contributed by atoms with Crippen molar-refractivity contribution in [1.82, 2.24) is 0 Å². The Bertz CT molecular complexity index is 290. The van der Waals surface area contributed by atoms with Gasteiger partial charge in [0.2, 0.25) is 0 Å². The number of hydrogen-bond acceptors (Lipinski definition) is 1. The quantitative estimate of drug-likeness (QED) is 0.650. The number of alkyl halides is 1. The molecule has 2 N–H and O–H groups in total. The molecule has 0 spiro atoms. The molecule has 1 aromatic carbocycles. The monoisotopic (exact) mass is 259 g/mol. The Morgan fingerprint density at radius 1 is 1.46 bits per heavy atom. The van der Waals surface area contributed by atoms with Gasteiger partial charge in [-0.3, -0.25) is 0 Å². The van der Waals surface area contributed by atoms with Crippen LogP contribution in [0.1, 0.15) is 12.0 Å². The van der Waals surface area contributed by atoms with Crippen molar-refractivity contribution in [2.24, 2.45) is 0 Å². The predicted octanol–water partition coefficient (Wildman–Crippen LogP) is 3.72. The van der Waals surface area contributed by atoms with Crippen LogP contribution < -0.4 is 5.73 Å². The zero-order valence-corrected chi connectivity index (χ0v) is 9.48. The van der Waals surface area contributed by atoms with E-state index in [1.54, 1.807) is 0 Å². The van der Waals surface area contributed by atoms with Crippen LogP contribution >= 0.6 is 27.5 Å². The maximum atomic E-state index is 5.97. The van der Waals surface area contributed by atoms with Crippen molar-refractivity contribution >= 4 is 39.3 Å². The third kappa shape index (κ3) is 3.05. The van der Waals surface area contributed by atoms with Crippen LogP contribution in [0.15, 0.2) is 24.3 Å². The van der Waals surface area contributed by atoms with Crippen LogP contribution in [0, 0.1) is 0 Å². The number of hydrogen-bond donors (Lipinski definition) is 1. The van der Waals surface area contributed by atoms with Crippen LogP contribution in [0.2, 0.25) is 5.02 Å². The Hall–Kier alpha value is -0.470. The molecule has 3 heteroatoms. The summed E-state index contributed by atoms with van der Waals surface area (Å²) in [5, 5.41) is 1.65. The first-order valence-corrected chi connectivity index (χ1v) is 5.52. The molecule has 0 saturated heterocycles. The Morgan fingerprint density at radius 3 is 2.85 bits per heavy atom. The minimum Gasteiger partial charge on any atom is -0.398 e. The molecule has 1 nitrogen and oxygen atoms in total. The normalized spacial score (nSPS) is 10.9. The van der Waals surface area contributed by atoms with Crippen molar-refractivity contribution in [3.05, 3.63) is 34.9 Å². The summed E-state index contributed by atoms with van der Waals surface area (Å²) in [4.78, 5) is 0. The second kappa shape index (κ2) is 5.30. The van der Waals surface area contributed by atoms with Gasteiger partial charge < -0.3 is 5.73 Å². The molecule has 0 atom stereocenters. The van der Waals surface area contributed by atoms with Gasteiger partial charge in [-0.25, -0.2) is 0 Å². The van der Waals surface area contributed by atoms with Gasteiger partial charge in [0.1, 0.15) is 0 Å². The third-order valence-electron chi connectivity index (χ3n) is 1.65. The molecule has 0 radical (unpaired) electrons. The van der Waals surface area contributed by atoms with Crippen LogP contribution in [0.25, 0.3) is 6.08 Å². The largest absolute Gasteiger partial charge is 0.398 e. The van der Waals surface area contributed by atoms with Gasteiger partial charge in [0.15, 0.2) is 0 Å². The molecule has 0 aliphatic heterocycles. The second-order valence-electron chi connectivity index (χ2n) is 2.62. The van der Waals surface area contributed by atoms with Crippen LogP contribution in [0.4, 0.5) is 5.69 Å². The summed E-state index contributed by atoms with van der Waals surface area (Å²) < 4.78 is 0. The molecule has 70 valence electrons. The summed E-state index contributed by atoms with van der Waals surface area (Å²) in [6.45, 7) is 0. The van der Waals surface area contributed by atoms with Gasteiger partial charge in [-0.1, -0.05) is 45.7 Å². The molecule has 13 heavy (non-hydrogen) atoms. The Labute approximate surface area is 91.7 Å². The lowest BCUT2D eigenvalue weighted by molar-refractivity contribution is 1.27. The molecule has 0 unspecified atom stereocenters. The maximum absolute atomic E-state index is 5.97. The number of nitrogen functional groups attached to an aromatic ring is 1. The van der Waals surface area contributed by atoms with Crippen LogP contribution in [0.5, 0.6) is 0 Å². The van der Waals surface area contributed by atoms with Crippen molar-refractivity contribution in [2.45, 2.75) is 6.42 Å². The molecule has 0 aliphatic carbocycles. The van der Waals surface area contributed by atoms with E-state index in [1.165, 1.54) is 0 Å². The van der Waals surface area contributed by atoms with E-state index in [0.717, 1.165) is 23.0 Å². The van der Waals surface area contributed by atoms with Crippen LogP contribution in [0.3, 0.4) is 0 Å². The fourth-order valence-corrected chi connectivity index (χ4v) is 1.50. The molecular weight excluding hydrogens is 249 g/mol. The number of benzene rings is 1. The SMILES string of the molecule is Nc1cccc(Cl)c1C=CCCBr. The molecular formula is C10H11BrClN. The average Bonchev–Trinajstić information content (AvgIpc) is 2.10. The number of halogens is 2. The first-order chi connectivity index (χ1) is 6.25. The zero-order valence-electron chi connectivity index (χ0n) is 7.13. The Morgan fingerprint density at radius 2 is 2.23 bits per heavy atom. The first kappa shape index (κ1) is 10.6. The molecule has 0 aliphatic rings. The first-order valence-electron chi connectivity index (χ1n) is 4.02. The highest BCUT2D eigenvalue weighted by molar-refractivity contribution is 9.09. The lowest BCUT2D eigenvalue weighted by Crippen LogP contribution is -1.89. The van der Waals surface area contributed by atoms with Crippen molar-refractivity contribution in [3.63, 3.8) is 0 Å². The van der Waals surface area contributed by atoms with E-state index in [9.17, 15) is 0 Å². The summed E-state index contributed by atoms with van der Waals surface area (Å²) in [7, 11) is 0. The third-order valence-corrected chi connectivity index (χ3v) is 2.43. The summed E-state index contributed by atoms with van der Waals surface area (Å²) >= 11 is 9.31. The van der Waals surface area contributed by atoms with Gasteiger partial charge in [-0.05, 0) is 18.6 Å².